The average Bonchev–Trinajstić information content (AvgIpc) is 3.04. The van der Waals surface area contributed by atoms with Crippen LogP contribution in [0.15, 0.2) is 48.2 Å². The Morgan fingerprint density at radius 2 is 1.83 bits per heavy atom. The van der Waals surface area contributed by atoms with Crippen LogP contribution in [0.1, 0.15) is 37.6 Å². The lowest BCUT2D eigenvalue weighted by atomic mass is 9.93. The van der Waals surface area contributed by atoms with E-state index in [4.69, 9.17) is 4.98 Å². The molecule has 5 heteroatoms. The summed E-state index contributed by atoms with van der Waals surface area (Å²) in [6.45, 7) is 6.52. The highest BCUT2D eigenvalue weighted by Crippen LogP contribution is 2.28. The Morgan fingerprint density at radius 3 is 2.54 bits per heavy atom. The first-order valence-electron chi connectivity index (χ1n) is 8.08. The van der Waals surface area contributed by atoms with Gasteiger partial charge in [0.25, 0.3) is 0 Å². The molecule has 24 heavy (non-hydrogen) atoms. The minimum Gasteiger partial charge on any atom is -0.316 e. The summed E-state index contributed by atoms with van der Waals surface area (Å²) in [6.07, 6.45) is 7.38. The van der Waals surface area contributed by atoms with E-state index in [0.29, 0.717) is 0 Å². The van der Waals surface area contributed by atoms with Crippen LogP contribution in [0.5, 0.6) is 0 Å². The Labute approximate surface area is 147 Å². The molecule has 0 fully saturated rings. The molecule has 124 valence electrons. The van der Waals surface area contributed by atoms with E-state index in [0.717, 1.165) is 29.5 Å². The maximum atomic E-state index is 4.70. The fourth-order valence-electron chi connectivity index (χ4n) is 2.36. The lowest BCUT2D eigenvalue weighted by Crippen LogP contribution is -2.11. The molecule has 0 aliphatic carbocycles. The van der Waals surface area contributed by atoms with Crippen molar-refractivity contribution in [2.45, 2.75) is 39.0 Å². The third kappa shape index (κ3) is 4.17. The molecule has 0 radical (unpaired) electrons. The van der Waals surface area contributed by atoms with Crippen LogP contribution in [0.3, 0.4) is 0 Å². The zero-order chi connectivity index (χ0) is 17.0. The zero-order valence-corrected chi connectivity index (χ0v) is 15.1. The first-order chi connectivity index (χ1) is 11.5. The summed E-state index contributed by atoms with van der Waals surface area (Å²) in [4.78, 5) is 13.3. The van der Waals surface area contributed by atoms with E-state index in [9.17, 15) is 0 Å². The number of anilines is 2. The molecule has 3 rings (SSSR count). The third-order valence-corrected chi connectivity index (χ3v) is 4.58. The molecule has 0 saturated heterocycles. The summed E-state index contributed by atoms with van der Waals surface area (Å²) in [5.41, 5.74) is 3.64. The van der Waals surface area contributed by atoms with Gasteiger partial charge in [-0.3, -0.25) is 4.98 Å². The number of hydrogen-bond donors (Lipinski definition) is 1. The fourth-order valence-corrected chi connectivity index (χ4v) is 3.29. The zero-order valence-electron chi connectivity index (χ0n) is 14.3. The van der Waals surface area contributed by atoms with Gasteiger partial charge >= 0.3 is 0 Å². The van der Waals surface area contributed by atoms with Gasteiger partial charge in [0, 0.05) is 29.4 Å². The molecule has 0 bridgehead atoms. The van der Waals surface area contributed by atoms with E-state index in [2.05, 4.69) is 59.6 Å². The van der Waals surface area contributed by atoms with Crippen molar-refractivity contribution in [1.82, 2.24) is 15.0 Å². The van der Waals surface area contributed by atoms with E-state index >= 15 is 0 Å². The summed E-state index contributed by atoms with van der Waals surface area (Å²) >= 11 is 1.62. The van der Waals surface area contributed by atoms with Crippen molar-refractivity contribution >= 4 is 22.3 Å². The predicted molar refractivity (Wildman–Crippen MR) is 100.0 cm³/mol. The molecule has 0 saturated carbocycles. The highest BCUT2D eigenvalue weighted by Gasteiger charge is 2.17. The van der Waals surface area contributed by atoms with Gasteiger partial charge in [0.2, 0.25) is 0 Å². The van der Waals surface area contributed by atoms with Gasteiger partial charge in [-0.25, -0.2) is 9.97 Å². The maximum absolute atomic E-state index is 4.70. The number of hydrogen-bond acceptors (Lipinski definition) is 5. The molecule has 4 nitrogen and oxygen atoms in total. The summed E-state index contributed by atoms with van der Waals surface area (Å²) in [7, 11) is 0. The number of aromatic nitrogens is 3. The number of rotatable bonds is 5. The van der Waals surface area contributed by atoms with E-state index in [1.54, 1.807) is 11.3 Å². The van der Waals surface area contributed by atoms with Crippen molar-refractivity contribution in [1.29, 1.82) is 0 Å². The van der Waals surface area contributed by atoms with E-state index in [-0.39, 0.29) is 5.41 Å². The van der Waals surface area contributed by atoms with Crippen LogP contribution in [0.4, 0.5) is 10.9 Å². The van der Waals surface area contributed by atoms with Crippen molar-refractivity contribution in [3.05, 3.63) is 65.1 Å². The van der Waals surface area contributed by atoms with Gasteiger partial charge in [-0.15, -0.1) is 11.3 Å². The van der Waals surface area contributed by atoms with Gasteiger partial charge < -0.3 is 5.32 Å². The van der Waals surface area contributed by atoms with Gasteiger partial charge in [-0.05, 0) is 42.2 Å². The minimum atomic E-state index is 0.0602. The molecular formula is C19H22N4S. The number of nitrogens with zero attached hydrogens (tertiary/aromatic N) is 3. The quantitative estimate of drug-likeness (QED) is 0.729. The molecule has 3 aromatic rings. The number of pyridine rings is 2. The van der Waals surface area contributed by atoms with Crippen LogP contribution in [0.25, 0.3) is 0 Å². The second-order valence-electron chi connectivity index (χ2n) is 6.78. The number of aryl methyl sites for hydroxylation is 2. The lowest BCUT2D eigenvalue weighted by molar-refractivity contribution is 0.573. The monoisotopic (exact) mass is 338 g/mol. The minimum absolute atomic E-state index is 0.0602. The molecule has 0 unspecified atom stereocenters. The largest absolute Gasteiger partial charge is 0.316 e. The normalized spacial score (nSPS) is 11.5. The van der Waals surface area contributed by atoms with Crippen LogP contribution in [0, 0.1) is 0 Å². The maximum Gasteiger partial charge on any atom is 0.188 e. The summed E-state index contributed by atoms with van der Waals surface area (Å²) < 4.78 is 0. The van der Waals surface area contributed by atoms with Crippen molar-refractivity contribution in [3.8, 4) is 0 Å². The molecule has 1 N–H and O–H groups in total. The molecule has 3 heterocycles. The van der Waals surface area contributed by atoms with E-state index in [1.807, 2.05) is 24.7 Å². The van der Waals surface area contributed by atoms with Crippen LogP contribution in [-0.2, 0) is 18.3 Å². The summed E-state index contributed by atoms with van der Waals surface area (Å²) in [6, 6.07) is 8.21. The van der Waals surface area contributed by atoms with Crippen LogP contribution < -0.4 is 5.32 Å². The Hall–Kier alpha value is -2.27. The van der Waals surface area contributed by atoms with Crippen molar-refractivity contribution in [2.75, 3.05) is 5.32 Å². The Balaban J connectivity index is 1.73. The molecule has 0 amide bonds. The lowest BCUT2D eigenvalue weighted by Gasteiger charge is -2.14. The third-order valence-electron chi connectivity index (χ3n) is 3.82. The molecule has 0 aromatic carbocycles. The second-order valence-corrected chi connectivity index (χ2v) is 7.64. The average molecular weight is 338 g/mol. The topological polar surface area (TPSA) is 50.7 Å². The molecule has 0 aliphatic rings. The van der Waals surface area contributed by atoms with Gasteiger partial charge in [-0.2, -0.15) is 0 Å². The Bertz CT molecular complexity index is 790. The standard InChI is InChI=1S/C19H22N4S/c1-19(2,3)16-13-24-18(22-16)23-17-15(5-4-10-21-17)7-6-14-8-11-20-12-9-14/h4-5,8-13H,6-7H2,1-3H3,(H,21,22,23). The first kappa shape index (κ1) is 16.6. The molecule has 0 atom stereocenters. The van der Waals surface area contributed by atoms with Crippen molar-refractivity contribution < 1.29 is 0 Å². The van der Waals surface area contributed by atoms with Gasteiger partial charge in [-0.1, -0.05) is 26.8 Å². The van der Waals surface area contributed by atoms with E-state index < -0.39 is 0 Å². The molecular weight excluding hydrogens is 316 g/mol. The summed E-state index contributed by atoms with van der Waals surface area (Å²) in [5.74, 6) is 0.890. The molecule has 0 aliphatic heterocycles. The highest BCUT2D eigenvalue weighted by atomic mass is 32.1. The number of nitrogens with one attached hydrogen (secondary N) is 1. The van der Waals surface area contributed by atoms with Crippen LogP contribution in [-0.4, -0.2) is 15.0 Å². The van der Waals surface area contributed by atoms with Gasteiger partial charge in [0.15, 0.2) is 5.13 Å². The SMILES string of the molecule is CC(C)(C)c1csc(Nc2ncccc2CCc2ccncc2)n1. The second kappa shape index (κ2) is 7.09. The van der Waals surface area contributed by atoms with Crippen molar-refractivity contribution in [2.24, 2.45) is 0 Å². The Morgan fingerprint density at radius 1 is 1.04 bits per heavy atom. The highest BCUT2D eigenvalue weighted by molar-refractivity contribution is 7.13. The van der Waals surface area contributed by atoms with Gasteiger partial charge in [0.1, 0.15) is 5.82 Å². The van der Waals surface area contributed by atoms with Gasteiger partial charge in [0.05, 0.1) is 5.69 Å². The fraction of sp³-hybridized carbons (Fsp3) is 0.316. The molecule has 3 aromatic heterocycles. The van der Waals surface area contributed by atoms with Crippen LogP contribution in [0.2, 0.25) is 0 Å². The van der Waals surface area contributed by atoms with Crippen molar-refractivity contribution in [3.63, 3.8) is 0 Å². The smallest absolute Gasteiger partial charge is 0.188 e. The number of thiazole rings is 1. The summed E-state index contributed by atoms with van der Waals surface area (Å²) in [5, 5.41) is 6.39. The Kier molecular flexibility index (Phi) is 4.90. The van der Waals surface area contributed by atoms with E-state index in [1.165, 1.54) is 11.1 Å². The first-order valence-corrected chi connectivity index (χ1v) is 8.96. The predicted octanol–water partition coefficient (Wildman–Crippen LogP) is 4.76. The van der Waals surface area contributed by atoms with Crippen LogP contribution >= 0.6 is 11.3 Å². The molecule has 0 spiro atoms.